The van der Waals surface area contributed by atoms with E-state index in [1.807, 2.05) is 4.90 Å². The van der Waals surface area contributed by atoms with Gasteiger partial charge < -0.3 is 9.80 Å². The average Bonchev–Trinajstić information content (AvgIpc) is 3.28. The Kier molecular flexibility index (Phi) is 4.71. The lowest BCUT2D eigenvalue weighted by Gasteiger charge is -2.35. The Bertz CT molecular complexity index is 979. The summed E-state index contributed by atoms with van der Waals surface area (Å²) in [5.41, 5.74) is 1.19. The zero-order valence-corrected chi connectivity index (χ0v) is 15.0. The number of aromatic nitrogens is 3. The molecule has 0 bridgehead atoms. The van der Waals surface area contributed by atoms with Crippen LogP contribution in [0.1, 0.15) is 10.4 Å². The van der Waals surface area contributed by atoms with E-state index >= 15 is 0 Å². The maximum Gasteiger partial charge on any atom is 0.292 e. The lowest BCUT2D eigenvalue weighted by molar-refractivity contribution is -0.384. The number of carbonyl (C=O) groups is 1. The van der Waals surface area contributed by atoms with Crippen LogP contribution in [0.5, 0.6) is 0 Å². The van der Waals surface area contributed by atoms with E-state index in [2.05, 4.69) is 9.97 Å². The number of nitro groups is 1. The van der Waals surface area contributed by atoms with Crippen molar-refractivity contribution < 1.29 is 9.72 Å². The molecule has 0 radical (unpaired) electrons. The molecule has 0 N–H and O–H groups in total. The molecule has 4 rings (SSSR count). The van der Waals surface area contributed by atoms with Gasteiger partial charge in [-0.15, -0.1) is 0 Å². The summed E-state index contributed by atoms with van der Waals surface area (Å²) in [6.45, 7) is 2.07. The third-order valence-electron chi connectivity index (χ3n) is 4.75. The zero-order valence-electron chi connectivity index (χ0n) is 15.0. The van der Waals surface area contributed by atoms with E-state index in [0.29, 0.717) is 43.2 Å². The van der Waals surface area contributed by atoms with Crippen LogP contribution in [-0.4, -0.2) is 56.4 Å². The highest BCUT2D eigenvalue weighted by molar-refractivity contribution is 5.94. The molecular formula is C19H18N6O3. The molecule has 1 aliphatic heterocycles. The van der Waals surface area contributed by atoms with Gasteiger partial charge in [-0.3, -0.25) is 19.5 Å². The smallest absolute Gasteiger partial charge is 0.292 e. The second-order valence-electron chi connectivity index (χ2n) is 6.40. The number of rotatable bonds is 4. The molecule has 0 atom stereocenters. The fraction of sp³-hybridized carbons (Fsp3) is 0.211. The van der Waals surface area contributed by atoms with Gasteiger partial charge in [0.2, 0.25) is 0 Å². The number of carbonyl (C=O) groups excluding carboxylic acids is 1. The molecular weight excluding hydrogens is 360 g/mol. The van der Waals surface area contributed by atoms with Gasteiger partial charge in [-0.2, -0.15) is 0 Å². The van der Waals surface area contributed by atoms with E-state index in [9.17, 15) is 14.9 Å². The van der Waals surface area contributed by atoms with Crippen LogP contribution < -0.4 is 4.90 Å². The first-order valence-corrected chi connectivity index (χ1v) is 8.85. The summed E-state index contributed by atoms with van der Waals surface area (Å²) in [7, 11) is 0. The van der Waals surface area contributed by atoms with Crippen LogP contribution in [0.15, 0.2) is 61.3 Å². The number of anilines is 1. The largest absolute Gasteiger partial charge is 0.362 e. The minimum Gasteiger partial charge on any atom is -0.362 e. The van der Waals surface area contributed by atoms with Crippen molar-refractivity contribution >= 4 is 17.3 Å². The molecule has 1 fully saturated rings. The Morgan fingerprint density at radius 1 is 1.07 bits per heavy atom. The molecule has 1 aromatic carbocycles. The summed E-state index contributed by atoms with van der Waals surface area (Å²) >= 11 is 0. The van der Waals surface area contributed by atoms with Gasteiger partial charge in [0.25, 0.3) is 11.6 Å². The van der Waals surface area contributed by atoms with Crippen LogP contribution in [0.2, 0.25) is 0 Å². The predicted molar refractivity (Wildman–Crippen MR) is 103 cm³/mol. The fourth-order valence-corrected chi connectivity index (χ4v) is 3.28. The van der Waals surface area contributed by atoms with Crippen molar-refractivity contribution in [1.29, 1.82) is 0 Å². The first-order chi connectivity index (χ1) is 13.6. The third-order valence-corrected chi connectivity index (χ3v) is 4.75. The lowest BCUT2D eigenvalue weighted by Crippen LogP contribution is -2.49. The Morgan fingerprint density at radius 3 is 2.50 bits per heavy atom. The zero-order chi connectivity index (χ0) is 19.5. The number of para-hydroxylation sites is 2. The summed E-state index contributed by atoms with van der Waals surface area (Å²) in [4.78, 5) is 35.6. The summed E-state index contributed by atoms with van der Waals surface area (Å²) in [5.74, 6) is 0.599. The number of hydrogen-bond donors (Lipinski definition) is 0. The van der Waals surface area contributed by atoms with Crippen molar-refractivity contribution in [1.82, 2.24) is 19.4 Å². The molecule has 9 nitrogen and oxygen atoms in total. The van der Waals surface area contributed by atoms with Crippen LogP contribution in [0.25, 0.3) is 5.82 Å². The molecule has 3 heterocycles. The van der Waals surface area contributed by atoms with E-state index in [1.165, 1.54) is 6.07 Å². The van der Waals surface area contributed by atoms with Crippen molar-refractivity contribution in [2.45, 2.75) is 0 Å². The van der Waals surface area contributed by atoms with Crippen LogP contribution in [0.4, 0.5) is 11.4 Å². The van der Waals surface area contributed by atoms with Crippen molar-refractivity contribution in [2.75, 3.05) is 31.1 Å². The third kappa shape index (κ3) is 3.41. The minimum atomic E-state index is -0.375. The second-order valence-corrected chi connectivity index (χ2v) is 6.40. The van der Waals surface area contributed by atoms with Gasteiger partial charge in [-0.05, 0) is 18.2 Å². The molecule has 0 spiro atoms. The van der Waals surface area contributed by atoms with Crippen LogP contribution in [-0.2, 0) is 0 Å². The highest BCUT2D eigenvalue weighted by Gasteiger charge is 2.26. The van der Waals surface area contributed by atoms with Gasteiger partial charge in [0.15, 0.2) is 0 Å². The van der Waals surface area contributed by atoms with E-state index in [-0.39, 0.29) is 16.5 Å². The standard InChI is InChI=1S/C19H18N6O3/c26-19(15-5-6-18(21-13-15)24-8-7-20-14-24)23-11-9-22(10-12-23)16-3-1-2-4-17(16)25(27)28/h1-8,13-14H,9-12H2. The predicted octanol–water partition coefficient (Wildman–Crippen LogP) is 2.14. The topological polar surface area (TPSA) is 97.4 Å². The van der Waals surface area contributed by atoms with Crippen LogP contribution in [0, 0.1) is 10.1 Å². The molecule has 1 saturated heterocycles. The molecule has 3 aromatic rings. The summed E-state index contributed by atoms with van der Waals surface area (Å²) < 4.78 is 1.76. The fourth-order valence-electron chi connectivity index (χ4n) is 3.28. The average molecular weight is 378 g/mol. The SMILES string of the molecule is O=C(c1ccc(-n2ccnc2)nc1)N1CCN(c2ccccc2[N+](=O)[O-])CC1. The summed E-state index contributed by atoms with van der Waals surface area (Å²) in [6, 6.07) is 10.2. The van der Waals surface area contributed by atoms with Gasteiger partial charge in [0.05, 0.1) is 10.5 Å². The van der Waals surface area contributed by atoms with E-state index < -0.39 is 0 Å². The monoisotopic (exact) mass is 378 g/mol. The molecule has 28 heavy (non-hydrogen) atoms. The first kappa shape index (κ1) is 17.7. The Labute approximate surface area is 161 Å². The Balaban J connectivity index is 1.42. The summed E-state index contributed by atoms with van der Waals surface area (Å²) in [6.07, 6.45) is 6.65. The number of amides is 1. The number of benzene rings is 1. The van der Waals surface area contributed by atoms with Gasteiger partial charge in [0.1, 0.15) is 17.8 Å². The number of nitrogens with zero attached hydrogens (tertiary/aromatic N) is 6. The Morgan fingerprint density at radius 2 is 1.86 bits per heavy atom. The number of imidazole rings is 1. The number of pyridine rings is 1. The quantitative estimate of drug-likeness (QED) is 0.510. The molecule has 0 aliphatic carbocycles. The molecule has 1 aliphatic rings. The molecule has 0 unspecified atom stereocenters. The molecule has 0 saturated carbocycles. The van der Waals surface area contributed by atoms with Gasteiger partial charge in [-0.25, -0.2) is 9.97 Å². The highest BCUT2D eigenvalue weighted by Crippen LogP contribution is 2.28. The molecule has 2 aromatic heterocycles. The maximum atomic E-state index is 12.8. The second kappa shape index (κ2) is 7.47. The maximum absolute atomic E-state index is 12.8. The van der Waals surface area contributed by atoms with E-state index in [0.717, 1.165) is 0 Å². The normalized spacial score (nSPS) is 14.1. The number of hydrogen-bond acceptors (Lipinski definition) is 6. The first-order valence-electron chi connectivity index (χ1n) is 8.85. The van der Waals surface area contributed by atoms with Crippen molar-refractivity contribution in [3.63, 3.8) is 0 Å². The number of nitro benzene ring substituents is 1. The van der Waals surface area contributed by atoms with E-state index in [4.69, 9.17) is 0 Å². The number of piperazine rings is 1. The Hall–Kier alpha value is -3.75. The minimum absolute atomic E-state index is 0.0848. The lowest BCUT2D eigenvalue weighted by atomic mass is 10.2. The van der Waals surface area contributed by atoms with Gasteiger partial charge >= 0.3 is 0 Å². The van der Waals surface area contributed by atoms with Crippen LogP contribution >= 0.6 is 0 Å². The van der Waals surface area contributed by atoms with Crippen molar-refractivity contribution in [3.05, 3.63) is 77.0 Å². The molecule has 142 valence electrons. The van der Waals surface area contributed by atoms with Gasteiger partial charge in [-0.1, -0.05) is 12.1 Å². The van der Waals surface area contributed by atoms with Crippen molar-refractivity contribution in [3.8, 4) is 5.82 Å². The highest BCUT2D eigenvalue weighted by atomic mass is 16.6. The summed E-state index contributed by atoms with van der Waals surface area (Å²) in [5, 5.41) is 11.2. The van der Waals surface area contributed by atoms with Crippen molar-refractivity contribution in [2.24, 2.45) is 0 Å². The van der Waals surface area contributed by atoms with E-state index in [1.54, 1.807) is 64.7 Å². The molecule has 1 amide bonds. The van der Waals surface area contributed by atoms with Crippen LogP contribution in [0.3, 0.4) is 0 Å². The molecule has 9 heteroatoms. The van der Waals surface area contributed by atoms with Gasteiger partial charge in [0, 0.05) is 50.8 Å².